The molecule has 2 fully saturated rings. The van der Waals surface area contributed by atoms with Crippen molar-refractivity contribution < 1.29 is 9.53 Å². The molecule has 0 aromatic rings. The smallest absolute Gasteiger partial charge is 0.236 e. The van der Waals surface area contributed by atoms with E-state index in [9.17, 15) is 4.79 Å². The van der Waals surface area contributed by atoms with Gasteiger partial charge in [0.1, 0.15) is 0 Å². The average molecular weight is 255 g/mol. The summed E-state index contributed by atoms with van der Waals surface area (Å²) >= 11 is 0. The number of piperidine rings is 1. The predicted octanol–water partition coefficient (Wildman–Crippen LogP) is 0.0469. The van der Waals surface area contributed by atoms with E-state index in [0.717, 1.165) is 32.5 Å². The first-order chi connectivity index (χ1) is 8.46. The third-order valence-corrected chi connectivity index (χ3v) is 3.77. The van der Waals surface area contributed by atoms with Crippen LogP contribution in [0.1, 0.15) is 26.7 Å². The van der Waals surface area contributed by atoms with Crippen LogP contribution in [0.4, 0.5) is 0 Å². The molecule has 0 unspecified atom stereocenters. The lowest BCUT2D eigenvalue weighted by atomic mass is 10.1. The maximum Gasteiger partial charge on any atom is 0.236 e. The van der Waals surface area contributed by atoms with E-state index in [2.05, 4.69) is 4.90 Å². The first-order valence-electron chi connectivity index (χ1n) is 6.86. The van der Waals surface area contributed by atoms with Crippen molar-refractivity contribution in [3.05, 3.63) is 0 Å². The molecule has 0 atom stereocenters. The Hall–Kier alpha value is -0.650. The number of ether oxygens (including phenoxy) is 1. The minimum absolute atomic E-state index is 0.210. The Balaban J connectivity index is 1.80. The van der Waals surface area contributed by atoms with Gasteiger partial charge in [0.05, 0.1) is 18.8 Å². The summed E-state index contributed by atoms with van der Waals surface area (Å²) < 4.78 is 5.63. The van der Waals surface area contributed by atoms with Gasteiger partial charge >= 0.3 is 0 Å². The number of carbonyl (C=O) groups excluding carboxylic acids is 1. The van der Waals surface area contributed by atoms with Gasteiger partial charge in [-0.05, 0) is 26.7 Å². The molecule has 2 rings (SSSR count). The summed E-state index contributed by atoms with van der Waals surface area (Å²) in [5, 5.41) is 0. The van der Waals surface area contributed by atoms with Crippen molar-refractivity contribution in [2.24, 2.45) is 5.73 Å². The molecule has 1 amide bonds. The van der Waals surface area contributed by atoms with Gasteiger partial charge in [-0.15, -0.1) is 0 Å². The van der Waals surface area contributed by atoms with Crippen molar-refractivity contribution in [2.45, 2.75) is 38.3 Å². The van der Waals surface area contributed by atoms with E-state index >= 15 is 0 Å². The van der Waals surface area contributed by atoms with Crippen LogP contribution in [-0.2, 0) is 9.53 Å². The molecular formula is C13H25N3O2. The molecule has 0 spiro atoms. The standard InChI is InChI=1S/C13H25N3O2/c1-13(2)10-16(7-8-18-13)12(17)9-15-5-3-11(14)4-6-15/h11H,3-10,14H2,1-2H3. The number of nitrogens with zero attached hydrogens (tertiary/aromatic N) is 2. The van der Waals surface area contributed by atoms with E-state index < -0.39 is 0 Å². The zero-order valence-corrected chi connectivity index (χ0v) is 11.5. The quantitative estimate of drug-likeness (QED) is 0.757. The maximum atomic E-state index is 12.2. The van der Waals surface area contributed by atoms with Gasteiger partial charge in [0.2, 0.25) is 5.91 Å². The second-order valence-electron chi connectivity index (χ2n) is 6.04. The molecule has 2 N–H and O–H groups in total. The third-order valence-electron chi connectivity index (χ3n) is 3.77. The van der Waals surface area contributed by atoms with Crippen LogP contribution in [0.5, 0.6) is 0 Å². The normalized spacial score (nSPS) is 26.3. The van der Waals surface area contributed by atoms with Crippen LogP contribution in [0.25, 0.3) is 0 Å². The summed E-state index contributed by atoms with van der Waals surface area (Å²) in [4.78, 5) is 16.4. The van der Waals surface area contributed by atoms with E-state index in [1.54, 1.807) is 0 Å². The fourth-order valence-electron chi connectivity index (χ4n) is 2.63. The highest BCUT2D eigenvalue weighted by molar-refractivity contribution is 5.78. The monoisotopic (exact) mass is 255 g/mol. The van der Waals surface area contributed by atoms with E-state index in [1.165, 1.54) is 0 Å². The topological polar surface area (TPSA) is 58.8 Å². The number of amides is 1. The number of rotatable bonds is 2. The third kappa shape index (κ3) is 3.67. The number of nitrogens with two attached hydrogens (primary N) is 1. The minimum Gasteiger partial charge on any atom is -0.372 e. The van der Waals surface area contributed by atoms with Gasteiger partial charge in [-0.2, -0.15) is 0 Å². The van der Waals surface area contributed by atoms with Gasteiger partial charge < -0.3 is 15.4 Å². The first-order valence-corrected chi connectivity index (χ1v) is 6.86. The van der Waals surface area contributed by atoms with Crippen molar-refractivity contribution in [3.63, 3.8) is 0 Å². The first kappa shape index (κ1) is 13.8. The maximum absolute atomic E-state index is 12.2. The lowest BCUT2D eigenvalue weighted by Gasteiger charge is -2.39. The number of morpholine rings is 1. The van der Waals surface area contributed by atoms with Crippen molar-refractivity contribution in [2.75, 3.05) is 39.3 Å². The number of carbonyl (C=O) groups is 1. The average Bonchev–Trinajstić information content (AvgIpc) is 2.31. The SMILES string of the molecule is CC1(C)CN(C(=O)CN2CCC(N)CC2)CCO1. The lowest BCUT2D eigenvalue weighted by Crippen LogP contribution is -2.53. The number of likely N-dealkylation sites (tertiary alicyclic amines) is 1. The second kappa shape index (κ2) is 5.55. The molecule has 5 heteroatoms. The van der Waals surface area contributed by atoms with Gasteiger partial charge in [-0.3, -0.25) is 9.69 Å². The highest BCUT2D eigenvalue weighted by Gasteiger charge is 2.30. The van der Waals surface area contributed by atoms with Crippen molar-refractivity contribution >= 4 is 5.91 Å². The molecule has 2 heterocycles. The second-order valence-corrected chi connectivity index (χ2v) is 6.04. The van der Waals surface area contributed by atoms with Crippen LogP contribution in [0.3, 0.4) is 0 Å². The molecule has 0 aromatic heterocycles. The molecule has 18 heavy (non-hydrogen) atoms. The lowest BCUT2D eigenvalue weighted by molar-refractivity contribution is -0.147. The van der Waals surface area contributed by atoms with Crippen molar-refractivity contribution in [1.82, 2.24) is 9.80 Å². The van der Waals surface area contributed by atoms with Gasteiger partial charge in [-0.1, -0.05) is 0 Å². The van der Waals surface area contributed by atoms with E-state index in [-0.39, 0.29) is 11.5 Å². The predicted molar refractivity (Wildman–Crippen MR) is 70.3 cm³/mol. The molecule has 2 saturated heterocycles. The molecule has 0 saturated carbocycles. The zero-order valence-electron chi connectivity index (χ0n) is 11.5. The molecule has 5 nitrogen and oxygen atoms in total. The molecule has 104 valence electrons. The Labute approximate surface area is 109 Å². The summed E-state index contributed by atoms with van der Waals surface area (Å²) in [7, 11) is 0. The Morgan fingerprint density at radius 1 is 1.33 bits per heavy atom. The fraction of sp³-hybridized carbons (Fsp3) is 0.923. The summed E-state index contributed by atoms with van der Waals surface area (Å²) in [6.45, 7) is 8.54. The van der Waals surface area contributed by atoms with E-state index in [0.29, 0.717) is 25.7 Å². The van der Waals surface area contributed by atoms with Crippen molar-refractivity contribution in [3.8, 4) is 0 Å². The Kier molecular flexibility index (Phi) is 4.25. The summed E-state index contributed by atoms with van der Waals surface area (Å²) in [6, 6.07) is 0.318. The molecule has 2 aliphatic rings. The highest BCUT2D eigenvalue weighted by atomic mass is 16.5. The zero-order chi connectivity index (χ0) is 13.2. The van der Waals surface area contributed by atoms with Crippen LogP contribution in [0.2, 0.25) is 0 Å². The van der Waals surface area contributed by atoms with Crippen LogP contribution in [0.15, 0.2) is 0 Å². The van der Waals surface area contributed by atoms with E-state index in [4.69, 9.17) is 10.5 Å². The van der Waals surface area contributed by atoms with Crippen LogP contribution >= 0.6 is 0 Å². The molecule has 0 radical (unpaired) electrons. The van der Waals surface area contributed by atoms with Crippen molar-refractivity contribution in [1.29, 1.82) is 0 Å². The van der Waals surface area contributed by atoms with Gasteiger partial charge in [-0.25, -0.2) is 0 Å². The van der Waals surface area contributed by atoms with Gasteiger partial charge in [0.15, 0.2) is 0 Å². The fourth-order valence-corrected chi connectivity index (χ4v) is 2.63. The minimum atomic E-state index is -0.210. The summed E-state index contributed by atoms with van der Waals surface area (Å²) in [6.07, 6.45) is 2.00. The Morgan fingerprint density at radius 3 is 2.61 bits per heavy atom. The molecule has 0 bridgehead atoms. The molecular weight excluding hydrogens is 230 g/mol. The van der Waals surface area contributed by atoms with E-state index in [1.807, 2.05) is 18.7 Å². The number of hydrogen-bond donors (Lipinski definition) is 1. The largest absolute Gasteiger partial charge is 0.372 e. The summed E-state index contributed by atoms with van der Waals surface area (Å²) in [5.41, 5.74) is 5.66. The Morgan fingerprint density at radius 2 is 2.00 bits per heavy atom. The van der Waals surface area contributed by atoms with Gasteiger partial charge in [0.25, 0.3) is 0 Å². The van der Waals surface area contributed by atoms with Crippen LogP contribution in [-0.4, -0.2) is 66.7 Å². The Bertz CT molecular complexity index is 299. The van der Waals surface area contributed by atoms with Gasteiger partial charge in [0, 0.05) is 32.2 Å². The van der Waals surface area contributed by atoms with Crippen LogP contribution in [0, 0.1) is 0 Å². The van der Waals surface area contributed by atoms with Crippen LogP contribution < -0.4 is 5.73 Å². The summed E-state index contributed by atoms with van der Waals surface area (Å²) in [5.74, 6) is 0.224. The molecule has 2 aliphatic heterocycles. The molecule has 0 aliphatic carbocycles. The number of hydrogen-bond acceptors (Lipinski definition) is 4. The highest BCUT2D eigenvalue weighted by Crippen LogP contribution is 2.17. The molecule has 0 aromatic carbocycles.